The molecule has 0 radical (unpaired) electrons. The molecule has 0 spiro atoms. The highest BCUT2D eigenvalue weighted by molar-refractivity contribution is 7.09. The molecule has 1 aromatic carbocycles. The topological polar surface area (TPSA) is 69.1 Å². The van der Waals surface area contributed by atoms with Gasteiger partial charge in [-0.15, -0.1) is 11.3 Å². The number of amides is 1. The predicted octanol–water partition coefficient (Wildman–Crippen LogP) is 2.02. The van der Waals surface area contributed by atoms with Crippen LogP contribution in [-0.4, -0.2) is 5.91 Å². The third kappa shape index (κ3) is 2.23. The Bertz CT molecular complexity index is 506. The zero-order valence-corrected chi connectivity index (χ0v) is 9.46. The Hall–Kier alpha value is -1.81. The number of nitrogen functional groups attached to an aromatic ring is 1. The highest BCUT2D eigenvalue weighted by atomic mass is 32.1. The van der Waals surface area contributed by atoms with Gasteiger partial charge >= 0.3 is 0 Å². The third-order valence-corrected chi connectivity index (χ3v) is 3.25. The zero-order chi connectivity index (χ0) is 11.5. The molecule has 1 heterocycles. The molecule has 16 heavy (non-hydrogen) atoms. The molecule has 0 aliphatic carbocycles. The van der Waals surface area contributed by atoms with Gasteiger partial charge in [-0.05, 0) is 35.2 Å². The van der Waals surface area contributed by atoms with Crippen molar-refractivity contribution in [3.63, 3.8) is 0 Å². The normalized spacial score (nSPS) is 10.2. The van der Waals surface area contributed by atoms with Gasteiger partial charge in [0.05, 0.1) is 0 Å². The van der Waals surface area contributed by atoms with Gasteiger partial charge in [-0.2, -0.15) is 0 Å². The number of hydrogen-bond donors (Lipinski definition) is 2. The Morgan fingerprint density at radius 3 is 2.75 bits per heavy atom. The molecule has 82 valence electrons. The van der Waals surface area contributed by atoms with Gasteiger partial charge in [-0.25, -0.2) is 0 Å². The van der Waals surface area contributed by atoms with Crippen LogP contribution >= 0.6 is 11.3 Å². The number of primary amides is 1. The second-order valence-corrected chi connectivity index (χ2v) is 4.57. The molecule has 0 fully saturated rings. The largest absolute Gasteiger partial charge is 0.398 e. The molecule has 0 saturated heterocycles. The number of rotatable bonds is 3. The van der Waals surface area contributed by atoms with Gasteiger partial charge in [0, 0.05) is 22.5 Å². The van der Waals surface area contributed by atoms with E-state index in [1.54, 1.807) is 29.5 Å². The van der Waals surface area contributed by atoms with Crippen LogP contribution in [0.4, 0.5) is 5.69 Å². The van der Waals surface area contributed by atoms with Gasteiger partial charge in [0.15, 0.2) is 0 Å². The summed E-state index contributed by atoms with van der Waals surface area (Å²) < 4.78 is 0. The number of anilines is 1. The number of benzene rings is 1. The van der Waals surface area contributed by atoms with Crippen LogP contribution in [0.25, 0.3) is 0 Å². The molecule has 2 aromatic rings. The summed E-state index contributed by atoms with van der Waals surface area (Å²) in [7, 11) is 0. The maximum Gasteiger partial charge on any atom is 0.248 e. The van der Waals surface area contributed by atoms with Crippen molar-refractivity contribution in [3.05, 3.63) is 51.7 Å². The van der Waals surface area contributed by atoms with Gasteiger partial charge in [0.2, 0.25) is 5.91 Å². The van der Waals surface area contributed by atoms with E-state index in [1.165, 1.54) is 4.88 Å². The average Bonchev–Trinajstić information content (AvgIpc) is 2.73. The molecule has 0 aliphatic heterocycles. The lowest BCUT2D eigenvalue weighted by Crippen LogP contribution is -2.11. The fourth-order valence-corrected chi connectivity index (χ4v) is 2.24. The lowest BCUT2D eigenvalue weighted by molar-refractivity contribution is 0.1000. The second kappa shape index (κ2) is 4.37. The quantitative estimate of drug-likeness (QED) is 0.795. The van der Waals surface area contributed by atoms with Crippen LogP contribution in [0.5, 0.6) is 0 Å². The molecule has 4 heteroatoms. The van der Waals surface area contributed by atoms with Crippen LogP contribution in [0.15, 0.2) is 35.7 Å². The predicted molar refractivity (Wildman–Crippen MR) is 66.5 cm³/mol. The number of hydrogen-bond acceptors (Lipinski definition) is 3. The van der Waals surface area contributed by atoms with E-state index in [2.05, 4.69) is 0 Å². The molecule has 2 rings (SSSR count). The number of nitrogens with two attached hydrogens (primary N) is 2. The summed E-state index contributed by atoms with van der Waals surface area (Å²) in [6.07, 6.45) is 0.741. The summed E-state index contributed by atoms with van der Waals surface area (Å²) in [6, 6.07) is 9.17. The van der Waals surface area contributed by atoms with Crippen LogP contribution in [-0.2, 0) is 6.42 Å². The second-order valence-electron chi connectivity index (χ2n) is 3.53. The van der Waals surface area contributed by atoms with Crippen molar-refractivity contribution in [2.45, 2.75) is 6.42 Å². The maximum atomic E-state index is 11.1. The van der Waals surface area contributed by atoms with E-state index >= 15 is 0 Å². The van der Waals surface area contributed by atoms with Crippen molar-refractivity contribution >= 4 is 22.9 Å². The van der Waals surface area contributed by atoms with E-state index in [9.17, 15) is 4.79 Å². The van der Waals surface area contributed by atoms with Crippen LogP contribution in [0, 0.1) is 0 Å². The summed E-state index contributed by atoms with van der Waals surface area (Å²) in [5.74, 6) is -0.424. The first kappa shape index (κ1) is 10.7. The molecule has 0 atom stereocenters. The molecule has 0 saturated carbocycles. The van der Waals surface area contributed by atoms with Gasteiger partial charge < -0.3 is 11.5 Å². The summed E-state index contributed by atoms with van der Waals surface area (Å²) >= 11 is 1.67. The average molecular weight is 232 g/mol. The van der Waals surface area contributed by atoms with Crippen LogP contribution in [0.3, 0.4) is 0 Å². The first-order chi connectivity index (χ1) is 7.66. The smallest absolute Gasteiger partial charge is 0.248 e. The summed E-state index contributed by atoms with van der Waals surface area (Å²) in [6.45, 7) is 0. The van der Waals surface area contributed by atoms with E-state index in [-0.39, 0.29) is 0 Å². The monoisotopic (exact) mass is 232 g/mol. The lowest BCUT2D eigenvalue weighted by atomic mass is 10.0. The lowest BCUT2D eigenvalue weighted by Gasteiger charge is -2.05. The summed E-state index contributed by atoms with van der Waals surface area (Å²) in [5, 5.41) is 2.02. The Morgan fingerprint density at radius 2 is 2.12 bits per heavy atom. The van der Waals surface area contributed by atoms with Crippen molar-refractivity contribution in [2.75, 3.05) is 5.73 Å². The zero-order valence-electron chi connectivity index (χ0n) is 8.64. The highest BCUT2D eigenvalue weighted by Gasteiger charge is 2.06. The first-order valence-electron chi connectivity index (χ1n) is 4.87. The Kier molecular flexibility index (Phi) is 2.92. The van der Waals surface area contributed by atoms with Crippen LogP contribution < -0.4 is 11.5 Å². The molecular weight excluding hydrogens is 220 g/mol. The Labute approximate surface area is 97.7 Å². The van der Waals surface area contributed by atoms with Crippen molar-refractivity contribution in [3.8, 4) is 0 Å². The van der Waals surface area contributed by atoms with Crippen LogP contribution in [0.1, 0.15) is 20.8 Å². The minimum atomic E-state index is -0.424. The fraction of sp³-hybridized carbons (Fsp3) is 0.0833. The molecule has 1 amide bonds. The minimum absolute atomic E-state index is 0.424. The third-order valence-electron chi connectivity index (χ3n) is 2.37. The fourth-order valence-electron chi connectivity index (χ4n) is 1.51. The Balaban J connectivity index is 2.32. The summed E-state index contributed by atoms with van der Waals surface area (Å²) in [5.41, 5.74) is 13.2. The van der Waals surface area contributed by atoms with Gasteiger partial charge in [0.25, 0.3) is 0 Å². The molecule has 0 bridgehead atoms. The van der Waals surface area contributed by atoms with Gasteiger partial charge in [0.1, 0.15) is 0 Å². The highest BCUT2D eigenvalue weighted by Crippen LogP contribution is 2.20. The van der Waals surface area contributed by atoms with Gasteiger partial charge in [-0.3, -0.25) is 4.79 Å². The van der Waals surface area contributed by atoms with Crippen molar-refractivity contribution in [2.24, 2.45) is 5.73 Å². The minimum Gasteiger partial charge on any atom is -0.398 e. The first-order valence-corrected chi connectivity index (χ1v) is 5.75. The van der Waals surface area contributed by atoms with Crippen LogP contribution in [0.2, 0.25) is 0 Å². The summed E-state index contributed by atoms with van der Waals surface area (Å²) in [4.78, 5) is 12.3. The number of thiophene rings is 1. The molecule has 1 aromatic heterocycles. The van der Waals surface area contributed by atoms with E-state index in [0.717, 1.165) is 12.0 Å². The number of carbonyl (C=O) groups is 1. The van der Waals surface area contributed by atoms with E-state index < -0.39 is 5.91 Å². The van der Waals surface area contributed by atoms with E-state index in [0.29, 0.717) is 11.3 Å². The molecule has 0 aliphatic rings. The maximum absolute atomic E-state index is 11.1. The molecule has 3 nitrogen and oxygen atoms in total. The molecule has 0 unspecified atom stereocenters. The molecular formula is C12H12N2OS. The van der Waals surface area contributed by atoms with Gasteiger partial charge in [-0.1, -0.05) is 6.07 Å². The van der Waals surface area contributed by atoms with E-state index in [1.807, 2.05) is 17.5 Å². The standard InChI is InChI=1S/C12H12N2OS/c13-11-4-3-8(12(14)15)6-9(11)7-10-2-1-5-16-10/h1-6H,7,13H2,(H2,14,15). The SMILES string of the molecule is NC(=O)c1ccc(N)c(Cc2cccs2)c1. The Morgan fingerprint density at radius 1 is 1.31 bits per heavy atom. The number of carbonyl (C=O) groups excluding carboxylic acids is 1. The van der Waals surface area contributed by atoms with Crippen molar-refractivity contribution in [1.82, 2.24) is 0 Å². The van der Waals surface area contributed by atoms with E-state index in [4.69, 9.17) is 11.5 Å². The van der Waals surface area contributed by atoms with Crippen molar-refractivity contribution in [1.29, 1.82) is 0 Å². The molecule has 4 N–H and O–H groups in total. The van der Waals surface area contributed by atoms with Crippen molar-refractivity contribution < 1.29 is 4.79 Å².